The van der Waals surface area contributed by atoms with Crippen LogP contribution in [-0.4, -0.2) is 56.9 Å². The highest BCUT2D eigenvalue weighted by Crippen LogP contribution is 2.59. The van der Waals surface area contributed by atoms with Crippen LogP contribution >= 0.6 is 0 Å². The molecule has 8 nitrogen and oxygen atoms in total. The highest BCUT2D eigenvalue weighted by atomic mass is 16.5. The van der Waals surface area contributed by atoms with Gasteiger partial charge < -0.3 is 37.9 Å². The highest BCUT2D eigenvalue weighted by molar-refractivity contribution is 5.93. The minimum Gasteiger partial charge on any atom is -0.497 e. The molecule has 0 N–H and O–H groups in total. The van der Waals surface area contributed by atoms with Gasteiger partial charge in [0.05, 0.1) is 56.9 Å². The first-order valence-electron chi connectivity index (χ1n) is 14.1. The molecule has 0 amide bonds. The maximum Gasteiger partial charge on any atom is 0.161 e. The van der Waals surface area contributed by atoms with Gasteiger partial charge in [-0.1, -0.05) is 18.2 Å². The average molecular weight is 599 g/mol. The normalized spacial score (nSPS) is 16.2. The Hall–Kier alpha value is -4.98. The Kier molecular flexibility index (Phi) is 9.09. The predicted octanol–water partition coefficient (Wildman–Crippen LogP) is 7.23. The smallest absolute Gasteiger partial charge is 0.161 e. The van der Waals surface area contributed by atoms with Crippen LogP contribution in [-0.2, 0) is 0 Å². The van der Waals surface area contributed by atoms with Crippen LogP contribution in [0.1, 0.15) is 39.7 Å². The van der Waals surface area contributed by atoms with Gasteiger partial charge in [-0.05, 0) is 70.3 Å². The maximum absolute atomic E-state index is 6.04. The largest absolute Gasteiger partial charge is 0.497 e. The molecule has 0 aliphatic heterocycles. The Balaban J connectivity index is 1.87. The van der Waals surface area contributed by atoms with Crippen molar-refractivity contribution < 1.29 is 37.9 Å². The topological polar surface area (TPSA) is 73.8 Å². The van der Waals surface area contributed by atoms with E-state index in [9.17, 15) is 0 Å². The lowest BCUT2D eigenvalue weighted by molar-refractivity contribution is 0.354. The fourth-order valence-corrected chi connectivity index (χ4v) is 6.04. The van der Waals surface area contributed by atoms with Gasteiger partial charge in [-0.15, -0.1) is 0 Å². The second kappa shape index (κ2) is 13.1. The zero-order valence-corrected chi connectivity index (χ0v) is 26.3. The number of methoxy groups -OCH3 is 8. The molecular formula is C36H38O8. The zero-order chi connectivity index (χ0) is 31.4. The number of hydrogen-bond donors (Lipinski definition) is 0. The molecule has 8 heteroatoms. The summed E-state index contributed by atoms with van der Waals surface area (Å²) in [4.78, 5) is 0. The van der Waals surface area contributed by atoms with Gasteiger partial charge in [0.2, 0.25) is 0 Å². The SMILES string of the molecule is COc1cc(OC)cc([C@@H]2C(=Cc3ccc(OC)c(OC)c3)c3cc(OC)cc(OC)c3[C@H]2c2ccc(OC)c(OC)c2)c1. The number of hydrogen-bond acceptors (Lipinski definition) is 8. The van der Waals surface area contributed by atoms with Gasteiger partial charge in [-0.25, -0.2) is 0 Å². The second-order valence-corrected chi connectivity index (χ2v) is 10.2. The van der Waals surface area contributed by atoms with Gasteiger partial charge in [-0.2, -0.15) is 0 Å². The predicted molar refractivity (Wildman–Crippen MR) is 171 cm³/mol. The van der Waals surface area contributed by atoms with Crippen molar-refractivity contribution in [1.29, 1.82) is 0 Å². The monoisotopic (exact) mass is 598 g/mol. The Morgan fingerprint density at radius 1 is 0.432 bits per heavy atom. The van der Waals surface area contributed by atoms with Gasteiger partial charge in [0, 0.05) is 29.5 Å². The molecule has 2 atom stereocenters. The molecule has 0 spiro atoms. The number of allylic oxidation sites excluding steroid dienone is 1. The Morgan fingerprint density at radius 3 is 1.55 bits per heavy atom. The van der Waals surface area contributed by atoms with E-state index in [1.165, 1.54) is 0 Å². The van der Waals surface area contributed by atoms with Crippen molar-refractivity contribution in [2.24, 2.45) is 0 Å². The summed E-state index contributed by atoms with van der Waals surface area (Å²) < 4.78 is 45.7. The molecule has 5 rings (SSSR count). The molecule has 0 fully saturated rings. The van der Waals surface area contributed by atoms with Gasteiger partial charge >= 0.3 is 0 Å². The highest BCUT2D eigenvalue weighted by Gasteiger charge is 2.42. The maximum atomic E-state index is 6.04. The minimum absolute atomic E-state index is 0.186. The van der Waals surface area contributed by atoms with E-state index < -0.39 is 0 Å². The van der Waals surface area contributed by atoms with Crippen molar-refractivity contribution in [3.05, 3.63) is 94.5 Å². The van der Waals surface area contributed by atoms with Crippen LogP contribution in [0, 0.1) is 0 Å². The van der Waals surface area contributed by atoms with E-state index in [4.69, 9.17) is 37.9 Å². The van der Waals surface area contributed by atoms with Gasteiger partial charge in [0.1, 0.15) is 23.0 Å². The standard InChI is InChI=1S/C36H38O8/c1-37-24-15-23(16-25(18-24)38-2)34-27(13-21-9-11-29(40-4)31(14-21)42-6)28-19-26(39-3)20-33(44-8)36(28)35(34)22-10-12-30(41-5)32(17-22)43-7/h9-20,34-35H,1-8H3/t34-,35+/m1/s1. The lowest BCUT2D eigenvalue weighted by atomic mass is 9.79. The van der Waals surface area contributed by atoms with Gasteiger partial charge in [0.25, 0.3) is 0 Å². The summed E-state index contributed by atoms with van der Waals surface area (Å²) in [5.74, 6) is 4.99. The van der Waals surface area contributed by atoms with Crippen molar-refractivity contribution >= 4 is 11.6 Å². The van der Waals surface area contributed by atoms with E-state index in [-0.39, 0.29) is 11.8 Å². The summed E-state index contributed by atoms with van der Waals surface area (Å²) in [7, 11) is 13.2. The van der Waals surface area contributed by atoms with E-state index in [0.29, 0.717) is 40.2 Å². The third kappa shape index (κ3) is 5.55. The van der Waals surface area contributed by atoms with Crippen LogP contribution in [0.3, 0.4) is 0 Å². The summed E-state index contributed by atoms with van der Waals surface area (Å²) in [5.41, 5.74) is 6.05. The molecule has 0 saturated heterocycles. The summed E-state index contributed by atoms with van der Waals surface area (Å²) in [6.45, 7) is 0. The molecule has 0 radical (unpaired) electrons. The number of benzene rings is 4. The van der Waals surface area contributed by atoms with Gasteiger partial charge in [0.15, 0.2) is 23.0 Å². The number of fused-ring (bicyclic) bond motifs is 1. The number of ether oxygens (including phenoxy) is 8. The fraction of sp³-hybridized carbons (Fsp3) is 0.278. The van der Waals surface area contributed by atoms with E-state index >= 15 is 0 Å². The lowest BCUT2D eigenvalue weighted by Crippen LogP contribution is -2.10. The molecule has 0 aromatic heterocycles. The van der Waals surface area contributed by atoms with Crippen LogP contribution in [0.2, 0.25) is 0 Å². The van der Waals surface area contributed by atoms with Gasteiger partial charge in [-0.3, -0.25) is 0 Å². The molecule has 0 unspecified atom stereocenters. The summed E-state index contributed by atoms with van der Waals surface area (Å²) in [6.07, 6.45) is 2.18. The average Bonchev–Trinajstić information content (AvgIpc) is 3.40. The molecule has 0 heterocycles. The fourth-order valence-electron chi connectivity index (χ4n) is 6.04. The molecule has 1 aliphatic carbocycles. The second-order valence-electron chi connectivity index (χ2n) is 10.2. The molecule has 44 heavy (non-hydrogen) atoms. The minimum atomic E-state index is -0.193. The Morgan fingerprint density at radius 2 is 0.977 bits per heavy atom. The first-order valence-corrected chi connectivity index (χ1v) is 14.1. The van der Waals surface area contributed by atoms with Crippen LogP contribution in [0.5, 0.6) is 46.0 Å². The summed E-state index contributed by atoms with van der Waals surface area (Å²) in [5, 5.41) is 0. The Bertz CT molecular complexity index is 1650. The quantitative estimate of drug-likeness (QED) is 0.179. The van der Waals surface area contributed by atoms with Crippen molar-refractivity contribution in [1.82, 2.24) is 0 Å². The summed E-state index contributed by atoms with van der Waals surface area (Å²) in [6, 6.07) is 21.9. The molecule has 4 aromatic rings. The van der Waals surface area contributed by atoms with Crippen LogP contribution in [0.15, 0.2) is 66.7 Å². The van der Waals surface area contributed by atoms with Crippen molar-refractivity contribution in [3.63, 3.8) is 0 Å². The van der Waals surface area contributed by atoms with E-state index in [1.54, 1.807) is 56.9 Å². The van der Waals surface area contributed by atoms with E-state index in [0.717, 1.165) is 39.1 Å². The molecule has 0 saturated carbocycles. The van der Waals surface area contributed by atoms with Crippen LogP contribution in [0.25, 0.3) is 11.6 Å². The molecule has 1 aliphatic rings. The number of rotatable bonds is 11. The van der Waals surface area contributed by atoms with Crippen LogP contribution in [0.4, 0.5) is 0 Å². The van der Waals surface area contributed by atoms with E-state index in [2.05, 4.69) is 30.3 Å². The zero-order valence-electron chi connectivity index (χ0n) is 26.3. The third-order valence-corrected chi connectivity index (χ3v) is 8.09. The molecule has 0 bridgehead atoms. The molecule has 230 valence electrons. The first-order chi connectivity index (χ1) is 21.4. The van der Waals surface area contributed by atoms with E-state index in [1.807, 2.05) is 42.5 Å². The first kappa shape index (κ1) is 30.5. The molecule has 4 aromatic carbocycles. The van der Waals surface area contributed by atoms with Crippen molar-refractivity contribution in [3.8, 4) is 46.0 Å². The summed E-state index contributed by atoms with van der Waals surface area (Å²) >= 11 is 0. The van der Waals surface area contributed by atoms with Crippen LogP contribution < -0.4 is 37.9 Å². The molecular weight excluding hydrogens is 560 g/mol. The Labute approximate surface area is 258 Å². The lowest BCUT2D eigenvalue weighted by Gasteiger charge is -2.25. The van der Waals surface area contributed by atoms with Crippen molar-refractivity contribution in [2.75, 3.05) is 56.9 Å². The third-order valence-electron chi connectivity index (χ3n) is 8.09. The van der Waals surface area contributed by atoms with Crippen molar-refractivity contribution in [2.45, 2.75) is 11.8 Å².